The molecule has 2 aromatic rings. The van der Waals surface area contributed by atoms with Gasteiger partial charge >= 0.3 is 0 Å². The summed E-state index contributed by atoms with van der Waals surface area (Å²) in [5, 5.41) is 3.42. The van der Waals surface area contributed by atoms with Gasteiger partial charge in [-0.2, -0.15) is 0 Å². The molecule has 0 amide bonds. The smallest absolute Gasteiger partial charge is 0.120 e. The second-order valence-electron chi connectivity index (χ2n) is 5.21. The number of hydrogen-bond donors (Lipinski definition) is 1. The van der Waals surface area contributed by atoms with E-state index in [0.29, 0.717) is 12.6 Å². The molecule has 0 heterocycles. The molecule has 0 fully saturated rings. The summed E-state index contributed by atoms with van der Waals surface area (Å²) < 4.78 is 8.05. The molecule has 0 unspecified atom stereocenters. The maximum atomic E-state index is 5.88. The summed E-state index contributed by atoms with van der Waals surface area (Å²) in [7, 11) is 0. The third kappa shape index (κ3) is 5.46. The molecule has 0 aliphatic carbocycles. The molecule has 2 nitrogen and oxygen atoms in total. The summed E-state index contributed by atoms with van der Waals surface area (Å²) in [6.45, 7) is 5.67. The van der Waals surface area contributed by atoms with Crippen LogP contribution >= 0.6 is 31.9 Å². The van der Waals surface area contributed by atoms with E-state index < -0.39 is 0 Å². The molecule has 0 bridgehead atoms. The fourth-order valence-electron chi connectivity index (χ4n) is 1.88. The molecule has 4 heteroatoms. The second-order valence-corrected chi connectivity index (χ2v) is 6.98. The predicted molar refractivity (Wildman–Crippen MR) is 94.6 cm³/mol. The van der Waals surface area contributed by atoms with Crippen molar-refractivity contribution >= 4 is 31.9 Å². The van der Waals surface area contributed by atoms with Crippen LogP contribution in [-0.4, -0.2) is 6.04 Å². The third-order valence-electron chi connectivity index (χ3n) is 3.01. The molecule has 0 aliphatic rings. The van der Waals surface area contributed by atoms with Crippen LogP contribution < -0.4 is 10.1 Å². The first-order chi connectivity index (χ1) is 10.0. The molecule has 21 heavy (non-hydrogen) atoms. The van der Waals surface area contributed by atoms with E-state index in [1.165, 1.54) is 5.56 Å². The number of hydrogen-bond acceptors (Lipinski definition) is 2. The Morgan fingerprint density at radius 3 is 2.62 bits per heavy atom. The zero-order chi connectivity index (χ0) is 15.2. The van der Waals surface area contributed by atoms with Crippen LogP contribution in [0.2, 0.25) is 0 Å². The largest absolute Gasteiger partial charge is 0.489 e. The standard InChI is InChI=1S/C17H19Br2NO/c1-12(2)20-10-14-9-16(6-7-17(14)19)21-11-13-4-3-5-15(18)8-13/h3-9,12,20H,10-11H2,1-2H3. The van der Waals surface area contributed by atoms with Crippen LogP contribution in [0.5, 0.6) is 5.75 Å². The van der Waals surface area contributed by atoms with Crippen LogP contribution in [0.1, 0.15) is 25.0 Å². The average molecular weight is 413 g/mol. The molecule has 1 N–H and O–H groups in total. The molecule has 2 rings (SSSR count). The van der Waals surface area contributed by atoms with Crippen molar-refractivity contribution in [1.29, 1.82) is 0 Å². The highest BCUT2D eigenvalue weighted by molar-refractivity contribution is 9.10. The average Bonchev–Trinajstić information content (AvgIpc) is 2.45. The molecule has 0 aliphatic heterocycles. The van der Waals surface area contributed by atoms with Crippen molar-refractivity contribution in [2.24, 2.45) is 0 Å². The fourth-order valence-corrected chi connectivity index (χ4v) is 2.72. The van der Waals surface area contributed by atoms with Crippen LogP contribution in [0.15, 0.2) is 51.4 Å². The summed E-state index contributed by atoms with van der Waals surface area (Å²) in [6.07, 6.45) is 0. The van der Waals surface area contributed by atoms with E-state index in [2.05, 4.69) is 69.2 Å². The van der Waals surface area contributed by atoms with Gasteiger partial charge in [0.15, 0.2) is 0 Å². The fraction of sp³-hybridized carbons (Fsp3) is 0.294. The van der Waals surface area contributed by atoms with Gasteiger partial charge in [0.25, 0.3) is 0 Å². The van der Waals surface area contributed by atoms with Crippen LogP contribution in [-0.2, 0) is 13.2 Å². The molecule has 0 aromatic heterocycles. The minimum absolute atomic E-state index is 0.461. The monoisotopic (exact) mass is 411 g/mol. The van der Waals surface area contributed by atoms with Crippen LogP contribution in [0.3, 0.4) is 0 Å². The Morgan fingerprint density at radius 2 is 1.90 bits per heavy atom. The van der Waals surface area contributed by atoms with E-state index in [4.69, 9.17) is 4.74 Å². The van der Waals surface area contributed by atoms with Crippen molar-refractivity contribution in [2.45, 2.75) is 33.0 Å². The first-order valence-corrected chi connectivity index (χ1v) is 8.52. The Labute approximate surface area is 143 Å². The van der Waals surface area contributed by atoms with Crippen molar-refractivity contribution in [2.75, 3.05) is 0 Å². The van der Waals surface area contributed by atoms with Crippen LogP contribution in [0.25, 0.3) is 0 Å². The lowest BCUT2D eigenvalue weighted by Crippen LogP contribution is -2.22. The molecule has 2 aromatic carbocycles. The lowest BCUT2D eigenvalue weighted by Gasteiger charge is -2.12. The summed E-state index contributed by atoms with van der Waals surface area (Å²) in [5.74, 6) is 0.888. The van der Waals surface area contributed by atoms with E-state index in [1.807, 2.05) is 24.3 Å². The molecule has 0 atom stereocenters. The van der Waals surface area contributed by atoms with E-state index in [1.54, 1.807) is 0 Å². The normalized spacial score (nSPS) is 10.9. The van der Waals surface area contributed by atoms with Crippen molar-refractivity contribution in [3.63, 3.8) is 0 Å². The van der Waals surface area contributed by atoms with Gasteiger partial charge in [-0.1, -0.05) is 57.8 Å². The lowest BCUT2D eigenvalue weighted by atomic mass is 10.2. The quantitative estimate of drug-likeness (QED) is 0.695. The predicted octanol–water partition coefficient (Wildman–Crippen LogP) is 5.29. The maximum Gasteiger partial charge on any atom is 0.120 e. The van der Waals surface area contributed by atoms with Crippen LogP contribution in [0, 0.1) is 0 Å². The third-order valence-corrected chi connectivity index (χ3v) is 4.28. The number of nitrogens with one attached hydrogen (secondary N) is 1. The Morgan fingerprint density at radius 1 is 1.10 bits per heavy atom. The summed E-state index contributed by atoms with van der Waals surface area (Å²) in [4.78, 5) is 0. The van der Waals surface area contributed by atoms with Gasteiger partial charge in [0.1, 0.15) is 12.4 Å². The second kappa shape index (κ2) is 7.97. The topological polar surface area (TPSA) is 21.3 Å². The van der Waals surface area contributed by atoms with Gasteiger partial charge in [0, 0.05) is 21.5 Å². The van der Waals surface area contributed by atoms with E-state index in [-0.39, 0.29) is 0 Å². The van der Waals surface area contributed by atoms with E-state index in [9.17, 15) is 0 Å². The van der Waals surface area contributed by atoms with Crippen LogP contribution in [0.4, 0.5) is 0 Å². The number of benzene rings is 2. The van der Waals surface area contributed by atoms with Crippen molar-refractivity contribution in [3.05, 3.63) is 62.5 Å². The van der Waals surface area contributed by atoms with Gasteiger partial charge in [-0.25, -0.2) is 0 Å². The zero-order valence-electron chi connectivity index (χ0n) is 12.2. The van der Waals surface area contributed by atoms with Gasteiger partial charge in [-0.05, 0) is 41.5 Å². The maximum absolute atomic E-state index is 5.88. The highest BCUT2D eigenvalue weighted by Gasteiger charge is 2.04. The molecule has 0 saturated heterocycles. The van der Waals surface area contributed by atoms with E-state index >= 15 is 0 Å². The van der Waals surface area contributed by atoms with Gasteiger partial charge in [0.05, 0.1) is 0 Å². The highest BCUT2D eigenvalue weighted by Crippen LogP contribution is 2.23. The first kappa shape index (κ1) is 16.5. The summed E-state index contributed by atoms with van der Waals surface area (Å²) in [6, 6.07) is 14.7. The molecule has 0 radical (unpaired) electrons. The number of ether oxygens (including phenoxy) is 1. The summed E-state index contributed by atoms with van der Waals surface area (Å²) in [5.41, 5.74) is 2.35. The van der Waals surface area contributed by atoms with Gasteiger partial charge in [-0.3, -0.25) is 0 Å². The van der Waals surface area contributed by atoms with Crippen molar-refractivity contribution < 1.29 is 4.74 Å². The summed E-state index contributed by atoms with van der Waals surface area (Å²) >= 11 is 7.06. The first-order valence-electron chi connectivity index (χ1n) is 6.93. The Hall–Kier alpha value is -0.840. The van der Waals surface area contributed by atoms with Crippen molar-refractivity contribution in [1.82, 2.24) is 5.32 Å². The molecule has 0 spiro atoms. The molecule has 112 valence electrons. The number of halogens is 2. The van der Waals surface area contributed by atoms with Gasteiger partial charge < -0.3 is 10.1 Å². The van der Waals surface area contributed by atoms with Gasteiger partial charge in [0.2, 0.25) is 0 Å². The molecular formula is C17H19Br2NO. The van der Waals surface area contributed by atoms with Gasteiger partial charge in [-0.15, -0.1) is 0 Å². The zero-order valence-corrected chi connectivity index (χ0v) is 15.4. The number of rotatable bonds is 6. The SMILES string of the molecule is CC(C)NCc1cc(OCc2cccc(Br)c2)ccc1Br. The minimum atomic E-state index is 0.461. The Balaban J connectivity index is 2.01. The molecule has 0 saturated carbocycles. The Kier molecular flexibility index (Phi) is 6.27. The molecular weight excluding hydrogens is 394 g/mol. The minimum Gasteiger partial charge on any atom is -0.489 e. The van der Waals surface area contributed by atoms with Crippen molar-refractivity contribution in [3.8, 4) is 5.75 Å². The lowest BCUT2D eigenvalue weighted by molar-refractivity contribution is 0.305. The van der Waals surface area contributed by atoms with E-state index in [0.717, 1.165) is 26.8 Å². The highest BCUT2D eigenvalue weighted by atomic mass is 79.9. The Bertz CT molecular complexity index is 599.